The number of aliphatic hydroxyl groups is 1. The molecule has 18 heavy (non-hydrogen) atoms. The number of imidazole rings is 1. The van der Waals surface area contributed by atoms with Gasteiger partial charge in [0.05, 0.1) is 12.2 Å². The van der Waals surface area contributed by atoms with Crippen molar-refractivity contribution in [2.75, 3.05) is 6.54 Å². The summed E-state index contributed by atoms with van der Waals surface area (Å²) < 4.78 is 2.07. The predicted octanol–water partition coefficient (Wildman–Crippen LogP) is 1.12. The van der Waals surface area contributed by atoms with Crippen LogP contribution in [0.3, 0.4) is 0 Å². The standard InChI is InChI=1S/C12H13ClN4O/c13-10-5-8(1-2-15-10)12(18)9-7-17-4-3-14-6-11(17)16-9/h1-2,5,7,12,14,18H,3-4,6H2. The topological polar surface area (TPSA) is 63.0 Å². The van der Waals surface area contributed by atoms with E-state index in [1.54, 1.807) is 18.3 Å². The summed E-state index contributed by atoms with van der Waals surface area (Å²) in [7, 11) is 0. The van der Waals surface area contributed by atoms with Crippen molar-refractivity contribution in [3.05, 3.63) is 46.8 Å². The minimum absolute atomic E-state index is 0.372. The Morgan fingerprint density at radius 1 is 1.50 bits per heavy atom. The molecule has 6 heteroatoms. The lowest BCUT2D eigenvalue weighted by Crippen LogP contribution is -2.27. The molecule has 2 N–H and O–H groups in total. The fourth-order valence-corrected chi connectivity index (χ4v) is 2.28. The van der Waals surface area contributed by atoms with Gasteiger partial charge in [0.25, 0.3) is 0 Å². The summed E-state index contributed by atoms with van der Waals surface area (Å²) in [6.07, 6.45) is 2.72. The van der Waals surface area contributed by atoms with Crippen LogP contribution in [0.25, 0.3) is 0 Å². The second-order valence-electron chi connectivity index (χ2n) is 4.27. The summed E-state index contributed by atoms with van der Waals surface area (Å²) in [4.78, 5) is 8.34. The molecule has 0 saturated carbocycles. The number of hydrogen-bond donors (Lipinski definition) is 2. The highest BCUT2D eigenvalue weighted by atomic mass is 35.5. The highest BCUT2D eigenvalue weighted by Gasteiger charge is 2.18. The van der Waals surface area contributed by atoms with Crippen LogP contribution >= 0.6 is 11.6 Å². The molecule has 2 aromatic heterocycles. The Morgan fingerprint density at radius 2 is 2.39 bits per heavy atom. The molecule has 3 heterocycles. The average Bonchev–Trinajstić information content (AvgIpc) is 2.81. The number of aromatic nitrogens is 3. The molecule has 0 fully saturated rings. The maximum Gasteiger partial charge on any atom is 0.129 e. The number of rotatable bonds is 2. The lowest BCUT2D eigenvalue weighted by Gasteiger charge is -2.13. The van der Waals surface area contributed by atoms with Gasteiger partial charge in [-0.1, -0.05) is 11.6 Å². The molecule has 1 aliphatic heterocycles. The molecule has 1 unspecified atom stereocenters. The zero-order chi connectivity index (χ0) is 12.5. The van der Waals surface area contributed by atoms with Gasteiger partial charge in [-0.15, -0.1) is 0 Å². The van der Waals surface area contributed by atoms with Crippen LogP contribution in [0.5, 0.6) is 0 Å². The van der Waals surface area contributed by atoms with Crippen LogP contribution in [0.2, 0.25) is 5.15 Å². The molecule has 0 amide bonds. The number of nitrogens with zero attached hydrogens (tertiary/aromatic N) is 3. The molecule has 3 rings (SSSR count). The van der Waals surface area contributed by atoms with E-state index < -0.39 is 6.10 Å². The number of aliphatic hydroxyl groups excluding tert-OH is 1. The first-order valence-corrected chi connectivity index (χ1v) is 6.18. The van der Waals surface area contributed by atoms with E-state index in [-0.39, 0.29) is 0 Å². The lowest BCUT2D eigenvalue weighted by molar-refractivity contribution is 0.215. The van der Waals surface area contributed by atoms with Gasteiger partial charge < -0.3 is 15.0 Å². The quantitative estimate of drug-likeness (QED) is 0.798. The first kappa shape index (κ1) is 11.6. The molecule has 0 radical (unpaired) electrons. The minimum Gasteiger partial charge on any atom is -0.382 e. The van der Waals surface area contributed by atoms with Gasteiger partial charge in [-0.25, -0.2) is 9.97 Å². The van der Waals surface area contributed by atoms with Crippen molar-refractivity contribution in [3.63, 3.8) is 0 Å². The van der Waals surface area contributed by atoms with E-state index >= 15 is 0 Å². The van der Waals surface area contributed by atoms with Crippen molar-refractivity contribution < 1.29 is 5.11 Å². The van der Waals surface area contributed by atoms with E-state index in [1.165, 1.54) is 0 Å². The molecule has 0 aliphatic carbocycles. The van der Waals surface area contributed by atoms with Gasteiger partial charge in [-0.05, 0) is 17.7 Å². The first-order chi connectivity index (χ1) is 8.74. The molecule has 0 aromatic carbocycles. The molecule has 1 aliphatic rings. The van der Waals surface area contributed by atoms with Crippen molar-refractivity contribution in [2.45, 2.75) is 19.2 Å². The normalized spacial score (nSPS) is 16.3. The highest BCUT2D eigenvalue weighted by Crippen LogP contribution is 2.23. The zero-order valence-electron chi connectivity index (χ0n) is 9.67. The van der Waals surface area contributed by atoms with Gasteiger partial charge in [-0.3, -0.25) is 0 Å². The van der Waals surface area contributed by atoms with Crippen LogP contribution in [0, 0.1) is 0 Å². The van der Waals surface area contributed by atoms with E-state index in [2.05, 4.69) is 19.9 Å². The smallest absolute Gasteiger partial charge is 0.129 e. The summed E-state index contributed by atoms with van der Waals surface area (Å²) in [6.45, 7) is 2.55. The summed E-state index contributed by atoms with van der Waals surface area (Å²) >= 11 is 5.82. The van der Waals surface area contributed by atoms with Crippen LogP contribution in [0.4, 0.5) is 0 Å². The number of halogens is 1. The van der Waals surface area contributed by atoms with Crippen molar-refractivity contribution in [1.29, 1.82) is 0 Å². The zero-order valence-corrected chi connectivity index (χ0v) is 10.4. The predicted molar refractivity (Wildman–Crippen MR) is 67.2 cm³/mol. The average molecular weight is 265 g/mol. The fraction of sp³-hybridized carbons (Fsp3) is 0.333. The van der Waals surface area contributed by atoms with Gasteiger partial charge in [0, 0.05) is 25.5 Å². The van der Waals surface area contributed by atoms with Gasteiger partial charge >= 0.3 is 0 Å². The molecular formula is C12H13ClN4O. The third-order valence-electron chi connectivity index (χ3n) is 3.04. The Kier molecular flexibility index (Phi) is 3.03. The first-order valence-electron chi connectivity index (χ1n) is 5.80. The summed E-state index contributed by atoms with van der Waals surface area (Å²) in [5, 5.41) is 13.9. The van der Waals surface area contributed by atoms with Gasteiger partial charge in [-0.2, -0.15) is 0 Å². The third kappa shape index (κ3) is 2.12. The van der Waals surface area contributed by atoms with Crippen LogP contribution < -0.4 is 5.32 Å². The van der Waals surface area contributed by atoms with Gasteiger partial charge in [0.2, 0.25) is 0 Å². The monoisotopic (exact) mass is 264 g/mol. The second kappa shape index (κ2) is 4.68. The largest absolute Gasteiger partial charge is 0.382 e. The van der Waals surface area contributed by atoms with Crippen LogP contribution in [0.1, 0.15) is 23.2 Å². The number of fused-ring (bicyclic) bond motifs is 1. The Bertz CT molecular complexity index is 545. The van der Waals surface area contributed by atoms with E-state index in [0.29, 0.717) is 16.4 Å². The van der Waals surface area contributed by atoms with Crippen LogP contribution in [0.15, 0.2) is 24.5 Å². The fourth-order valence-electron chi connectivity index (χ4n) is 2.10. The molecule has 0 spiro atoms. The van der Waals surface area contributed by atoms with Gasteiger partial charge in [0.15, 0.2) is 0 Å². The van der Waals surface area contributed by atoms with Crippen LogP contribution in [-0.2, 0) is 13.1 Å². The molecule has 0 bridgehead atoms. The molecule has 0 saturated heterocycles. The van der Waals surface area contributed by atoms with Crippen molar-refractivity contribution in [1.82, 2.24) is 19.9 Å². The van der Waals surface area contributed by atoms with Crippen molar-refractivity contribution >= 4 is 11.6 Å². The number of hydrogen-bond acceptors (Lipinski definition) is 4. The van der Waals surface area contributed by atoms with E-state index in [0.717, 1.165) is 25.5 Å². The summed E-state index contributed by atoms with van der Waals surface area (Å²) in [6, 6.07) is 3.40. The maximum atomic E-state index is 10.3. The number of pyridine rings is 1. The third-order valence-corrected chi connectivity index (χ3v) is 3.24. The van der Waals surface area contributed by atoms with Crippen LogP contribution in [-0.4, -0.2) is 26.2 Å². The Morgan fingerprint density at radius 3 is 3.17 bits per heavy atom. The van der Waals surface area contributed by atoms with Gasteiger partial charge in [0.1, 0.15) is 17.1 Å². The minimum atomic E-state index is -0.761. The molecule has 94 valence electrons. The Hall–Kier alpha value is -1.43. The maximum absolute atomic E-state index is 10.3. The summed E-state index contributed by atoms with van der Waals surface area (Å²) in [5.74, 6) is 0.954. The van der Waals surface area contributed by atoms with Crippen molar-refractivity contribution in [2.24, 2.45) is 0 Å². The lowest BCUT2D eigenvalue weighted by atomic mass is 10.1. The number of nitrogens with one attached hydrogen (secondary N) is 1. The molecule has 5 nitrogen and oxygen atoms in total. The summed E-state index contributed by atoms with van der Waals surface area (Å²) in [5.41, 5.74) is 1.36. The Balaban J connectivity index is 1.92. The molecular weight excluding hydrogens is 252 g/mol. The highest BCUT2D eigenvalue weighted by molar-refractivity contribution is 6.29. The van der Waals surface area contributed by atoms with Crippen molar-refractivity contribution in [3.8, 4) is 0 Å². The van der Waals surface area contributed by atoms with E-state index in [4.69, 9.17) is 11.6 Å². The Labute approximate surface area is 109 Å². The van der Waals surface area contributed by atoms with E-state index in [9.17, 15) is 5.11 Å². The molecule has 2 aromatic rings. The second-order valence-corrected chi connectivity index (χ2v) is 4.65. The SMILES string of the molecule is OC(c1ccnc(Cl)c1)c1cn2c(n1)CNCC2. The molecule has 1 atom stereocenters. The van der Waals surface area contributed by atoms with E-state index in [1.807, 2.05) is 6.20 Å².